The lowest BCUT2D eigenvalue weighted by Gasteiger charge is -2.22. The van der Waals surface area contributed by atoms with Crippen molar-refractivity contribution >= 4 is 17.4 Å². The van der Waals surface area contributed by atoms with E-state index in [2.05, 4.69) is 26.2 Å². The maximum atomic E-state index is 9.65. The van der Waals surface area contributed by atoms with Gasteiger partial charge in [-0.05, 0) is 56.7 Å². The van der Waals surface area contributed by atoms with Gasteiger partial charge in [0.15, 0.2) is 17.4 Å². The Labute approximate surface area is 107 Å². The molecule has 0 bridgehead atoms. The van der Waals surface area contributed by atoms with Crippen molar-refractivity contribution in [3.8, 4) is 5.75 Å². The molecule has 17 heavy (non-hydrogen) atoms. The van der Waals surface area contributed by atoms with Crippen LogP contribution in [0.3, 0.4) is 0 Å². The second-order valence-electron chi connectivity index (χ2n) is 5.40. The molecule has 1 aromatic carbocycles. The quantitative estimate of drug-likeness (QED) is 0.795. The highest BCUT2D eigenvalue weighted by atomic mass is 28.4. The van der Waals surface area contributed by atoms with Gasteiger partial charge in [0.25, 0.3) is 0 Å². The van der Waals surface area contributed by atoms with E-state index in [0.29, 0.717) is 5.75 Å². The molecule has 1 aromatic rings. The van der Waals surface area contributed by atoms with Crippen LogP contribution in [0.2, 0.25) is 32.2 Å². The molecular weight excluding hydrogens is 244 g/mol. The Bertz CT molecular complexity index is 348. The van der Waals surface area contributed by atoms with Gasteiger partial charge in [-0.2, -0.15) is 0 Å². The largest absolute Gasteiger partial charge is 0.508 e. The van der Waals surface area contributed by atoms with E-state index in [0.717, 1.165) is 24.4 Å². The first-order chi connectivity index (χ1) is 7.88. The third-order valence-electron chi connectivity index (χ3n) is 2.45. The number of hydrogen-bond donors (Lipinski definition) is 1. The fourth-order valence-electron chi connectivity index (χ4n) is 1.82. The summed E-state index contributed by atoms with van der Waals surface area (Å²) in [6.07, 6.45) is 2.05. The third-order valence-corrected chi connectivity index (χ3v) is 7.35. The Morgan fingerprint density at radius 3 is 2.47 bits per heavy atom. The summed E-state index contributed by atoms with van der Waals surface area (Å²) in [5, 5.41) is 9.65. The first-order valence-corrected chi connectivity index (χ1v) is 11.7. The number of phenols is 1. The fraction of sp³-hybridized carbons (Fsp3) is 0.538. The SMILES string of the molecule is C[Si](CCCc1ccccc1O)O[Si](C)(C)C. The van der Waals surface area contributed by atoms with Crippen LogP contribution in [-0.2, 0) is 10.5 Å². The summed E-state index contributed by atoms with van der Waals surface area (Å²) in [6.45, 7) is 8.96. The van der Waals surface area contributed by atoms with E-state index in [9.17, 15) is 5.11 Å². The van der Waals surface area contributed by atoms with Gasteiger partial charge in [-0.25, -0.2) is 0 Å². The normalized spacial score (nSPS) is 12.1. The van der Waals surface area contributed by atoms with Crippen LogP contribution in [-0.4, -0.2) is 22.5 Å². The highest BCUT2D eigenvalue weighted by Crippen LogP contribution is 2.19. The summed E-state index contributed by atoms with van der Waals surface area (Å²) in [5.41, 5.74) is 1.05. The van der Waals surface area contributed by atoms with Gasteiger partial charge in [0.1, 0.15) is 5.75 Å². The van der Waals surface area contributed by atoms with Gasteiger partial charge in [0.05, 0.1) is 0 Å². The Balaban J connectivity index is 2.31. The first-order valence-electron chi connectivity index (χ1n) is 6.17. The zero-order valence-corrected chi connectivity index (χ0v) is 13.3. The molecule has 1 N–H and O–H groups in total. The lowest BCUT2D eigenvalue weighted by Crippen LogP contribution is -2.32. The van der Waals surface area contributed by atoms with Crippen LogP contribution in [0.4, 0.5) is 0 Å². The molecule has 0 aliphatic carbocycles. The van der Waals surface area contributed by atoms with E-state index >= 15 is 0 Å². The maximum absolute atomic E-state index is 9.65. The molecule has 0 atom stereocenters. The fourth-order valence-corrected chi connectivity index (χ4v) is 7.09. The molecule has 0 saturated heterocycles. The van der Waals surface area contributed by atoms with Crippen LogP contribution in [0.1, 0.15) is 12.0 Å². The van der Waals surface area contributed by atoms with Crippen molar-refractivity contribution in [1.82, 2.24) is 0 Å². The summed E-state index contributed by atoms with van der Waals surface area (Å²) in [6, 6.07) is 8.75. The number of rotatable bonds is 6. The van der Waals surface area contributed by atoms with Gasteiger partial charge < -0.3 is 9.22 Å². The van der Waals surface area contributed by atoms with Crippen LogP contribution in [0.25, 0.3) is 0 Å². The van der Waals surface area contributed by atoms with Crippen LogP contribution < -0.4 is 0 Å². The Morgan fingerprint density at radius 2 is 1.88 bits per heavy atom. The second-order valence-corrected chi connectivity index (χ2v) is 12.3. The lowest BCUT2D eigenvalue weighted by atomic mass is 10.1. The topological polar surface area (TPSA) is 29.5 Å². The minimum Gasteiger partial charge on any atom is -0.508 e. The monoisotopic (exact) mass is 267 g/mol. The van der Waals surface area contributed by atoms with Gasteiger partial charge in [0, 0.05) is 0 Å². The Kier molecular flexibility index (Phi) is 5.43. The number of para-hydroxylation sites is 1. The van der Waals surface area contributed by atoms with Crippen molar-refractivity contribution in [2.45, 2.75) is 45.1 Å². The average molecular weight is 267 g/mol. The number of aryl methyl sites for hydroxylation is 1. The highest BCUT2D eigenvalue weighted by molar-refractivity contribution is 6.77. The number of phenolic OH excluding ortho intramolecular Hbond substituents is 1. The molecule has 1 radical (unpaired) electrons. The third kappa shape index (κ3) is 6.05. The smallest absolute Gasteiger partial charge is 0.194 e. The van der Waals surface area contributed by atoms with Crippen LogP contribution in [0.5, 0.6) is 5.75 Å². The first kappa shape index (κ1) is 14.5. The van der Waals surface area contributed by atoms with Gasteiger partial charge in [-0.3, -0.25) is 0 Å². The molecule has 4 heteroatoms. The Morgan fingerprint density at radius 1 is 1.24 bits per heavy atom. The zero-order chi connectivity index (χ0) is 12.9. The molecule has 0 fully saturated rings. The van der Waals surface area contributed by atoms with Gasteiger partial charge in [-0.1, -0.05) is 18.2 Å². The van der Waals surface area contributed by atoms with E-state index in [1.54, 1.807) is 6.07 Å². The lowest BCUT2D eigenvalue weighted by molar-refractivity contribution is 0.467. The summed E-state index contributed by atoms with van der Waals surface area (Å²) >= 11 is 0. The molecule has 0 saturated carbocycles. The molecule has 0 unspecified atom stereocenters. The van der Waals surface area contributed by atoms with Gasteiger partial charge in [-0.15, -0.1) is 0 Å². The van der Waals surface area contributed by atoms with E-state index in [4.69, 9.17) is 4.12 Å². The van der Waals surface area contributed by atoms with Crippen LogP contribution in [0, 0.1) is 0 Å². The van der Waals surface area contributed by atoms with Crippen molar-refractivity contribution in [2.24, 2.45) is 0 Å². The predicted molar refractivity (Wildman–Crippen MR) is 77.3 cm³/mol. The molecular formula is C13H23O2Si2. The second kappa shape index (κ2) is 6.37. The summed E-state index contributed by atoms with van der Waals surface area (Å²) in [4.78, 5) is 0. The molecule has 0 aromatic heterocycles. The van der Waals surface area contributed by atoms with E-state index in [-0.39, 0.29) is 0 Å². The summed E-state index contributed by atoms with van der Waals surface area (Å²) in [5.74, 6) is 0.420. The maximum Gasteiger partial charge on any atom is 0.194 e. The van der Waals surface area contributed by atoms with Crippen LogP contribution >= 0.6 is 0 Å². The number of aromatic hydroxyl groups is 1. The average Bonchev–Trinajstić information content (AvgIpc) is 2.18. The van der Waals surface area contributed by atoms with E-state index in [1.807, 2.05) is 18.2 Å². The molecule has 0 amide bonds. The molecule has 2 nitrogen and oxygen atoms in total. The molecule has 95 valence electrons. The van der Waals surface area contributed by atoms with Crippen molar-refractivity contribution < 1.29 is 9.22 Å². The van der Waals surface area contributed by atoms with Crippen molar-refractivity contribution in [1.29, 1.82) is 0 Å². The molecule has 1 rings (SSSR count). The number of hydrogen-bond acceptors (Lipinski definition) is 2. The molecule has 0 spiro atoms. The molecule has 0 heterocycles. The molecule has 0 aliphatic heterocycles. The van der Waals surface area contributed by atoms with Gasteiger partial charge in [0.2, 0.25) is 0 Å². The van der Waals surface area contributed by atoms with Crippen molar-refractivity contribution in [2.75, 3.05) is 0 Å². The van der Waals surface area contributed by atoms with Crippen LogP contribution in [0.15, 0.2) is 24.3 Å². The zero-order valence-electron chi connectivity index (χ0n) is 11.3. The van der Waals surface area contributed by atoms with Crippen molar-refractivity contribution in [3.63, 3.8) is 0 Å². The minimum atomic E-state index is -1.36. The summed E-state index contributed by atoms with van der Waals surface area (Å²) in [7, 11) is -2.01. The standard InChI is InChI=1S/C13H23O2Si2/c1-16(15-17(2,3)4)11-7-9-12-8-5-6-10-13(12)14/h5-6,8,10,14H,7,9,11H2,1-4H3. The highest BCUT2D eigenvalue weighted by Gasteiger charge is 2.19. The minimum absolute atomic E-state index is 0.420. The predicted octanol–water partition coefficient (Wildman–Crippen LogP) is 3.80. The van der Waals surface area contributed by atoms with Crippen molar-refractivity contribution in [3.05, 3.63) is 29.8 Å². The summed E-state index contributed by atoms with van der Waals surface area (Å²) < 4.78 is 6.08. The van der Waals surface area contributed by atoms with E-state index in [1.165, 1.54) is 0 Å². The Hall–Kier alpha value is -0.586. The number of benzene rings is 1. The van der Waals surface area contributed by atoms with E-state index < -0.39 is 17.4 Å². The molecule has 0 aliphatic rings. The van der Waals surface area contributed by atoms with Gasteiger partial charge >= 0.3 is 0 Å².